The third-order valence-corrected chi connectivity index (χ3v) is 2.85. The van der Waals surface area contributed by atoms with E-state index in [1.165, 1.54) is 4.88 Å². The zero-order valence-corrected chi connectivity index (χ0v) is 9.42. The molecule has 0 saturated carbocycles. The first-order valence-corrected chi connectivity index (χ1v) is 5.42. The van der Waals surface area contributed by atoms with Crippen LogP contribution in [0.25, 0.3) is 0 Å². The number of thiazole rings is 1. The molecule has 1 atom stereocenters. The van der Waals surface area contributed by atoms with Crippen molar-refractivity contribution in [2.45, 2.75) is 19.1 Å². The maximum Gasteiger partial charge on any atom is 0.122 e. The van der Waals surface area contributed by atoms with Gasteiger partial charge in [0.1, 0.15) is 11.1 Å². The summed E-state index contributed by atoms with van der Waals surface area (Å²) in [5.41, 5.74) is 5.36. The number of aliphatic hydroxyl groups is 1. The Hall–Kier alpha value is -0.490. The largest absolute Gasteiger partial charge is 0.386 e. The number of nitrogens with two attached hydrogens (primary N) is 1. The van der Waals surface area contributed by atoms with Crippen molar-refractivity contribution in [3.63, 3.8) is 0 Å². The highest BCUT2D eigenvalue weighted by Gasteiger charge is 2.11. The van der Waals surface area contributed by atoms with E-state index in [1.54, 1.807) is 11.3 Å². The highest BCUT2D eigenvalue weighted by atomic mass is 32.1. The molecular weight excluding hydrogens is 198 g/mol. The van der Waals surface area contributed by atoms with Crippen molar-refractivity contribution in [1.82, 2.24) is 9.88 Å². The predicted octanol–water partition coefficient (Wildman–Crippen LogP) is 0.587. The van der Waals surface area contributed by atoms with Gasteiger partial charge in [0.15, 0.2) is 0 Å². The molecule has 14 heavy (non-hydrogen) atoms. The molecular formula is C9H17N3OS. The van der Waals surface area contributed by atoms with Crippen LogP contribution in [0.15, 0.2) is 6.20 Å². The Bertz CT molecular complexity index is 275. The molecule has 3 N–H and O–H groups in total. The minimum atomic E-state index is -0.499. The molecule has 0 aliphatic heterocycles. The van der Waals surface area contributed by atoms with Crippen molar-refractivity contribution >= 4 is 11.3 Å². The molecule has 4 nitrogen and oxygen atoms in total. The van der Waals surface area contributed by atoms with Crippen molar-refractivity contribution in [3.05, 3.63) is 16.1 Å². The minimum absolute atomic E-state index is 0.490. The van der Waals surface area contributed by atoms with E-state index in [9.17, 15) is 5.11 Å². The Kier molecular flexibility index (Phi) is 4.47. The summed E-state index contributed by atoms with van der Waals surface area (Å²) < 4.78 is 0. The molecule has 0 bridgehead atoms. The first kappa shape index (κ1) is 11.6. The van der Waals surface area contributed by atoms with Crippen LogP contribution in [0, 0.1) is 0 Å². The van der Waals surface area contributed by atoms with E-state index >= 15 is 0 Å². The summed E-state index contributed by atoms with van der Waals surface area (Å²) >= 11 is 1.55. The lowest BCUT2D eigenvalue weighted by molar-refractivity contribution is 0.170. The maximum atomic E-state index is 9.62. The van der Waals surface area contributed by atoms with Crippen LogP contribution >= 0.6 is 11.3 Å². The van der Waals surface area contributed by atoms with E-state index in [2.05, 4.69) is 9.88 Å². The summed E-state index contributed by atoms with van der Waals surface area (Å²) in [7, 11) is 4.02. The zero-order valence-electron chi connectivity index (χ0n) is 8.60. The van der Waals surface area contributed by atoms with Crippen LogP contribution in [0.1, 0.15) is 22.4 Å². The highest BCUT2D eigenvalue weighted by Crippen LogP contribution is 2.22. The Morgan fingerprint density at radius 3 is 2.93 bits per heavy atom. The van der Waals surface area contributed by atoms with Crippen LogP contribution in [0.5, 0.6) is 0 Å². The molecule has 0 fully saturated rings. The third-order valence-electron chi connectivity index (χ3n) is 1.77. The van der Waals surface area contributed by atoms with Crippen LogP contribution in [-0.2, 0) is 6.54 Å². The quantitative estimate of drug-likeness (QED) is 0.754. The molecule has 1 aromatic rings. The number of hydrogen-bond acceptors (Lipinski definition) is 5. The molecule has 5 heteroatoms. The fourth-order valence-electron chi connectivity index (χ4n) is 1.14. The van der Waals surface area contributed by atoms with Crippen LogP contribution < -0.4 is 5.73 Å². The van der Waals surface area contributed by atoms with Crippen molar-refractivity contribution in [2.24, 2.45) is 5.73 Å². The fourth-order valence-corrected chi connectivity index (χ4v) is 2.20. The monoisotopic (exact) mass is 215 g/mol. The van der Waals surface area contributed by atoms with Crippen molar-refractivity contribution in [3.8, 4) is 0 Å². The van der Waals surface area contributed by atoms with E-state index in [1.807, 2.05) is 20.3 Å². The van der Waals surface area contributed by atoms with Crippen LogP contribution in [0.2, 0.25) is 0 Å². The van der Waals surface area contributed by atoms with E-state index in [0.717, 1.165) is 11.6 Å². The summed E-state index contributed by atoms with van der Waals surface area (Å²) in [6.45, 7) is 1.36. The Balaban J connectivity index is 2.58. The first-order chi connectivity index (χ1) is 6.63. The van der Waals surface area contributed by atoms with Gasteiger partial charge in [-0.25, -0.2) is 4.98 Å². The van der Waals surface area contributed by atoms with Crippen LogP contribution in [-0.4, -0.2) is 35.6 Å². The van der Waals surface area contributed by atoms with E-state index in [0.29, 0.717) is 13.0 Å². The van der Waals surface area contributed by atoms with Crippen molar-refractivity contribution in [1.29, 1.82) is 0 Å². The normalized spacial score (nSPS) is 13.5. The van der Waals surface area contributed by atoms with Crippen molar-refractivity contribution < 1.29 is 5.11 Å². The predicted molar refractivity (Wildman–Crippen MR) is 58.1 cm³/mol. The molecule has 0 spiro atoms. The van der Waals surface area contributed by atoms with Gasteiger partial charge in [0.2, 0.25) is 0 Å². The lowest BCUT2D eigenvalue weighted by Crippen LogP contribution is -2.09. The minimum Gasteiger partial charge on any atom is -0.386 e. The SMILES string of the molecule is CN(C)Cc1cnc(C(O)CCN)s1. The van der Waals surface area contributed by atoms with Gasteiger partial charge in [-0.05, 0) is 27.1 Å². The van der Waals surface area contributed by atoms with Gasteiger partial charge in [0.25, 0.3) is 0 Å². The number of nitrogens with zero attached hydrogens (tertiary/aromatic N) is 2. The summed E-state index contributed by atoms with van der Waals surface area (Å²) in [4.78, 5) is 7.42. The molecule has 1 heterocycles. The van der Waals surface area contributed by atoms with Crippen LogP contribution in [0.3, 0.4) is 0 Å². The Labute approximate surface area is 88.4 Å². The Morgan fingerprint density at radius 1 is 1.64 bits per heavy atom. The number of aromatic nitrogens is 1. The van der Waals surface area contributed by atoms with E-state index < -0.39 is 6.10 Å². The molecule has 0 aliphatic rings. The summed E-state index contributed by atoms with van der Waals surface area (Å²) in [5.74, 6) is 0. The van der Waals surface area contributed by atoms with E-state index in [4.69, 9.17) is 5.73 Å². The summed E-state index contributed by atoms with van der Waals surface area (Å²) in [6.07, 6.45) is 1.90. The van der Waals surface area contributed by atoms with Gasteiger partial charge in [-0.15, -0.1) is 11.3 Å². The van der Waals surface area contributed by atoms with Crippen molar-refractivity contribution in [2.75, 3.05) is 20.6 Å². The smallest absolute Gasteiger partial charge is 0.122 e. The molecule has 1 unspecified atom stereocenters. The van der Waals surface area contributed by atoms with Gasteiger partial charge in [-0.1, -0.05) is 0 Å². The molecule has 0 radical (unpaired) electrons. The van der Waals surface area contributed by atoms with Gasteiger partial charge in [0, 0.05) is 17.6 Å². The molecule has 0 aliphatic carbocycles. The summed E-state index contributed by atoms with van der Waals surface area (Å²) in [5, 5.41) is 10.4. The molecule has 1 rings (SSSR count). The van der Waals surface area contributed by atoms with Gasteiger partial charge in [-0.2, -0.15) is 0 Å². The number of rotatable bonds is 5. The number of hydrogen-bond donors (Lipinski definition) is 2. The molecule has 0 aromatic carbocycles. The topological polar surface area (TPSA) is 62.4 Å². The average Bonchev–Trinajstić information content (AvgIpc) is 2.52. The van der Waals surface area contributed by atoms with E-state index in [-0.39, 0.29) is 0 Å². The highest BCUT2D eigenvalue weighted by molar-refractivity contribution is 7.11. The molecule has 0 amide bonds. The molecule has 80 valence electrons. The second-order valence-corrected chi connectivity index (χ2v) is 4.64. The second-order valence-electron chi connectivity index (χ2n) is 3.50. The average molecular weight is 215 g/mol. The molecule has 0 saturated heterocycles. The lowest BCUT2D eigenvalue weighted by atomic mass is 10.3. The summed E-state index contributed by atoms with van der Waals surface area (Å²) in [6, 6.07) is 0. The maximum absolute atomic E-state index is 9.62. The fraction of sp³-hybridized carbons (Fsp3) is 0.667. The molecule has 1 aromatic heterocycles. The Morgan fingerprint density at radius 2 is 2.36 bits per heavy atom. The van der Waals surface area contributed by atoms with Gasteiger partial charge < -0.3 is 15.7 Å². The van der Waals surface area contributed by atoms with Crippen LogP contribution in [0.4, 0.5) is 0 Å². The first-order valence-electron chi connectivity index (χ1n) is 4.61. The lowest BCUT2D eigenvalue weighted by Gasteiger charge is -2.06. The zero-order chi connectivity index (χ0) is 10.6. The van der Waals surface area contributed by atoms with Gasteiger partial charge in [-0.3, -0.25) is 0 Å². The number of aliphatic hydroxyl groups excluding tert-OH is 1. The van der Waals surface area contributed by atoms with Gasteiger partial charge >= 0.3 is 0 Å². The second kappa shape index (κ2) is 5.41. The third kappa shape index (κ3) is 3.34. The van der Waals surface area contributed by atoms with Gasteiger partial charge in [0.05, 0.1) is 0 Å². The standard InChI is InChI=1S/C9H17N3OS/c1-12(2)6-7-5-11-9(14-7)8(13)3-4-10/h5,8,13H,3-4,6,10H2,1-2H3.